The van der Waals surface area contributed by atoms with E-state index in [0.717, 1.165) is 0 Å². The number of alkyl halides is 1. The summed E-state index contributed by atoms with van der Waals surface area (Å²) >= 11 is 5.59. The lowest BCUT2D eigenvalue weighted by Gasteiger charge is -2.08. The van der Waals surface area contributed by atoms with Crippen molar-refractivity contribution in [2.24, 2.45) is 0 Å². The van der Waals surface area contributed by atoms with E-state index in [2.05, 4.69) is 0 Å². The van der Waals surface area contributed by atoms with Crippen LogP contribution in [0.1, 0.15) is 0 Å². The van der Waals surface area contributed by atoms with Gasteiger partial charge in [-0.25, -0.2) is 17.2 Å². The number of sulfonamides is 1. The van der Waals surface area contributed by atoms with Gasteiger partial charge in [0.05, 0.1) is 10.6 Å². The van der Waals surface area contributed by atoms with Gasteiger partial charge in [0, 0.05) is 5.39 Å². The number of hydrogen-bond acceptors (Lipinski definition) is 5. The van der Waals surface area contributed by atoms with Crippen LogP contribution in [-0.2, 0) is 14.6 Å². The van der Waals surface area contributed by atoms with Crippen LogP contribution in [0.5, 0.6) is 5.75 Å². The molecule has 14 heteroatoms. The van der Waals surface area contributed by atoms with Crippen molar-refractivity contribution < 1.29 is 40.7 Å². The van der Waals surface area contributed by atoms with Crippen LogP contribution in [0.25, 0.3) is 10.1 Å². The normalized spacial score (nSPS) is 12.7. The molecule has 0 radical (unpaired) electrons. The summed E-state index contributed by atoms with van der Waals surface area (Å²) in [6, 6.07) is 0.662. The molecule has 0 aliphatic rings. The first-order chi connectivity index (χ1) is 11.5. The lowest BCUT2D eigenvalue weighted by atomic mass is 10.2. The maximum Gasteiger partial charge on any atom is 0.340 e. The molecular weight excluding hydrogens is 430 g/mol. The van der Waals surface area contributed by atoms with E-state index in [-0.39, 0.29) is 23.8 Å². The highest BCUT2D eigenvalue weighted by atomic mass is 35.5. The summed E-state index contributed by atoms with van der Waals surface area (Å²) in [5.41, 5.74) is 0. The van der Waals surface area contributed by atoms with E-state index in [1.165, 1.54) is 0 Å². The van der Waals surface area contributed by atoms with Gasteiger partial charge < -0.3 is 14.5 Å². The third-order valence-electron chi connectivity index (χ3n) is 2.79. The van der Waals surface area contributed by atoms with Crippen molar-refractivity contribution in [1.29, 1.82) is 0 Å². The highest BCUT2D eigenvalue weighted by Crippen LogP contribution is 2.39. The highest BCUT2D eigenvalue weighted by molar-refractivity contribution is 7.92. The van der Waals surface area contributed by atoms with Gasteiger partial charge in [0.1, 0.15) is 17.1 Å². The molecule has 140 valence electrons. The van der Waals surface area contributed by atoms with Crippen molar-refractivity contribution in [3.8, 4) is 5.75 Å². The summed E-state index contributed by atoms with van der Waals surface area (Å²) in [6.07, 6.45) is -1.20. The topological polar surface area (TPSA) is 113 Å². The maximum atomic E-state index is 14.3. The molecule has 0 saturated carbocycles. The Labute approximate surface area is 148 Å². The molecule has 2 rings (SSSR count). The molecule has 7 nitrogen and oxygen atoms in total. The Morgan fingerprint density at radius 2 is 1.88 bits per heavy atom. The van der Waals surface area contributed by atoms with Crippen LogP contribution < -0.4 is 9.46 Å². The van der Waals surface area contributed by atoms with Crippen molar-refractivity contribution >= 4 is 50.6 Å². The summed E-state index contributed by atoms with van der Waals surface area (Å²) < 4.78 is 82.1. The third-order valence-corrected chi connectivity index (χ3v) is 6.73. The van der Waals surface area contributed by atoms with Gasteiger partial charge in [-0.15, -0.1) is 22.9 Å². The van der Waals surface area contributed by atoms with E-state index >= 15 is 0 Å². The van der Waals surface area contributed by atoms with E-state index in [0.29, 0.717) is 6.07 Å². The first-order valence-corrected chi connectivity index (χ1v) is 10.9. The molecule has 0 bridgehead atoms. The molecule has 25 heavy (non-hydrogen) atoms. The number of fused-ring (bicyclic) bond motifs is 1. The Bertz CT molecular complexity index is 961. The Morgan fingerprint density at radius 1 is 1.24 bits per heavy atom. The lowest BCUT2D eigenvalue weighted by molar-refractivity contribution is 0.300. The zero-order valence-corrected chi connectivity index (χ0v) is 15.3. The van der Waals surface area contributed by atoms with Gasteiger partial charge in [-0.2, -0.15) is 9.11 Å². The highest BCUT2D eigenvalue weighted by Gasteiger charge is 2.28. The standard InChI is InChI=1S/C11H10ClF3NO6PS2/c12-1-2-22-10-8(14)7(13)5-3-6(24-11(5)9(10)15)25(20,21)16-4-23(17,18)19/h3,16H,1-2,4H2,(H2,17,18,19). The second-order valence-electron chi connectivity index (χ2n) is 4.59. The number of thiophene rings is 1. The van der Waals surface area contributed by atoms with Crippen LogP contribution in [0, 0.1) is 17.5 Å². The number of halogens is 4. The van der Waals surface area contributed by atoms with Crippen molar-refractivity contribution in [3.05, 3.63) is 23.5 Å². The number of rotatable bonds is 7. The molecule has 1 heterocycles. The number of nitrogens with one attached hydrogen (secondary N) is 1. The SMILES string of the molecule is O=P(O)(O)CNS(=O)(=O)c1cc2c(F)c(F)c(OCCCl)c(F)c2s1. The number of hydrogen-bond donors (Lipinski definition) is 3. The third kappa shape index (κ3) is 4.45. The molecule has 0 aliphatic heterocycles. The Kier molecular flexibility index (Phi) is 6.04. The summed E-state index contributed by atoms with van der Waals surface area (Å²) in [7, 11) is -9.16. The quantitative estimate of drug-likeness (QED) is 0.347. The maximum absolute atomic E-state index is 14.3. The van der Waals surface area contributed by atoms with Gasteiger partial charge in [0.25, 0.3) is 10.0 Å². The first-order valence-electron chi connectivity index (χ1n) is 6.31. The van der Waals surface area contributed by atoms with Gasteiger partial charge in [-0.3, -0.25) is 4.57 Å². The molecule has 1 aromatic carbocycles. The predicted octanol–water partition coefficient (Wildman–Crippen LogP) is 2.35. The van der Waals surface area contributed by atoms with Gasteiger partial charge in [-0.05, 0) is 6.07 Å². The van der Waals surface area contributed by atoms with Gasteiger partial charge in [-0.1, -0.05) is 0 Å². The average molecular weight is 440 g/mol. The molecule has 0 aliphatic carbocycles. The van der Waals surface area contributed by atoms with Crippen LogP contribution in [0.4, 0.5) is 13.2 Å². The fourth-order valence-corrected chi connectivity index (χ4v) is 5.28. The first kappa shape index (κ1) is 20.4. The molecule has 0 saturated heterocycles. The molecule has 2 aromatic rings. The summed E-state index contributed by atoms with van der Waals surface area (Å²) in [5, 5.41) is -0.644. The van der Waals surface area contributed by atoms with Gasteiger partial charge in [0.2, 0.25) is 5.82 Å². The summed E-state index contributed by atoms with van der Waals surface area (Å²) in [4.78, 5) is 17.4. The zero-order valence-electron chi connectivity index (χ0n) is 12.0. The average Bonchev–Trinajstić information content (AvgIpc) is 2.97. The van der Waals surface area contributed by atoms with E-state index < -0.39 is 61.4 Å². The second kappa shape index (κ2) is 7.39. The molecule has 0 atom stereocenters. The number of benzene rings is 1. The van der Waals surface area contributed by atoms with Crippen molar-refractivity contribution in [1.82, 2.24) is 4.72 Å². The van der Waals surface area contributed by atoms with Gasteiger partial charge >= 0.3 is 7.60 Å². The van der Waals surface area contributed by atoms with Crippen LogP contribution in [0.2, 0.25) is 0 Å². The minimum Gasteiger partial charge on any atom is -0.486 e. The van der Waals surface area contributed by atoms with Crippen molar-refractivity contribution in [2.75, 3.05) is 18.8 Å². The molecule has 0 spiro atoms. The second-order valence-corrected chi connectivity index (χ2v) is 9.66. The van der Waals surface area contributed by atoms with Crippen LogP contribution in [0.3, 0.4) is 0 Å². The van der Waals surface area contributed by atoms with Crippen molar-refractivity contribution in [3.63, 3.8) is 0 Å². The Balaban J connectivity index is 2.54. The predicted molar refractivity (Wildman–Crippen MR) is 85.1 cm³/mol. The summed E-state index contributed by atoms with van der Waals surface area (Å²) in [6.45, 7) is -0.305. The molecule has 0 fully saturated rings. The summed E-state index contributed by atoms with van der Waals surface area (Å²) in [5.74, 6) is -5.61. The smallest absolute Gasteiger partial charge is 0.340 e. The number of ether oxygens (including phenoxy) is 1. The molecule has 0 unspecified atom stereocenters. The molecule has 3 N–H and O–H groups in total. The Hall–Kier alpha value is -0.880. The van der Waals surface area contributed by atoms with Crippen LogP contribution in [-0.4, -0.2) is 37.0 Å². The lowest BCUT2D eigenvalue weighted by Crippen LogP contribution is -2.23. The monoisotopic (exact) mass is 439 g/mol. The van der Waals surface area contributed by atoms with Gasteiger partial charge in [0.15, 0.2) is 17.4 Å². The van der Waals surface area contributed by atoms with E-state index in [4.69, 9.17) is 26.1 Å². The molecular formula is C11H10ClF3NO6PS2. The molecule has 0 amide bonds. The van der Waals surface area contributed by atoms with E-state index in [9.17, 15) is 26.2 Å². The van der Waals surface area contributed by atoms with Crippen LogP contribution in [0.15, 0.2) is 10.3 Å². The Morgan fingerprint density at radius 3 is 2.44 bits per heavy atom. The largest absolute Gasteiger partial charge is 0.486 e. The zero-order chi connectivity index (χ0) is 19.0. The van der Waals surface area contributed by atoms with Crippen LogP contribution >= 0.6 is 30.5 Å². The minimum absolute atomic E-state index is 0.116. The fraction of sp³-hybridized carbons (Fsp3) is 0.273. The van der Waals surface area contributed by atoms with E-state index in [1.807, 2.05) is 0 Å². The fourth-order valence-electron chi connectivity index (χ4n) is 1.75. The van der Waals surface area contributed by atoms with E-state index in [1.54, 1.807) is 4.72 Å². The minimum atomic E-state index is -4.69. The van der Waals surface area contributed by atoms with Crippen molar-refractivity contribution in [2.45, 2.75) is 4.21 Å². The molecule has 1 aromatic heterocycles.